The second-order valence-electron chi connectivity index (χ2n) is 5.09. The van der Waals surface area contributed by atoms with Gasteiger partial charge in [-0.3, -0.25) is 4.90 Å². The number of halogens is 2. The van der Waals surface area contributed by atoms with Gasteiger partial charge in [-0.2, -0.15) is 0 Å². The van der Waals surface area contributed by atoms with Gasteiger partial charge < -0.3 is 0 Å². The van der Waals surface area contributed by atoms with Crippen molar-refractivity contribution < 1.29 is 4.39 Å². The highest BCUT2D eigenvalue weighted by atomic mass is 35.5. The van der Waals surface area contributed by atoms with Crippen molar-refractivity contribution in [3.05, 3.63) is 76.6 Å². The van der Waals surface area contributed by atoms with Crippen LogP contribution in [0.25, 0.3) is 5.57 Å². The van der Waals surface area contributed by atoms with Gasteiger partial charge in [0, 0.05) is 17.1 Å². The van der Waals surface area contributed by atoms with Crippen LogP contribution in [0.3, 0.4) is 0 Å². The molecule has 0 radical (unpaired) electrons. The minimum Gasteiger partial charge on any atom is -0.292 e. The van der Waals surface area contributed by atoms with Gasteiger partial charge >= 0.3 is 0 Å². The Hall–Kier alpha value is -1.64. The molecule has 3 heteroatoms. The van der Waals surface area contributed by atoms with E-state index in [1.165, 1.54) is 11.6 Å². The Morgan fingerprint density at radius 1 is 1.15 bits per heavy atom. The summed E-state index contributed by atoms with van der Waals surface area (Å²) in [7, 11) is 2.05. The smallest absolute Gasteiger partial charge is 0.130 e. The average Bonchev–Trinajstić information content (AvgIpc) is 2.84. The van der Waals surface area contributed by atoms with E-state index in [-0.39, 0.29) is 11.9 Å². The number of rotatable bonds is 2. The van der Waals surface area contributed by atoms with Crippen molar-refractivity contribution in [2.75, 3.05) is 13.6 Å². The third kappa shape index (κ3) is 2.49. The van der Waals surface area contributed by atoms with Crippen LogP contribution in [0.15, 0.2) is 54.6 Å². The first-order valence-corrected chi connectivity index (χ1v) is 6.94. The summed E-state index contributed by atoms with van der Waals surface area (Å²) in [5, 5.41) is 0.563. The number of hydrogen-bond donors (Lipinski definition) is 0. The highest BCUT2D eigenvalue weighted by molar-refractivity contribution is 6.30. The Kier molecular flexibility index (Phi) is 3.60. The first kappa shape index (κ1) is 13.3. The van der Waals surface area contributed by atoms with E-state index in [2.05, 4.69) is 23.1 Å². The number of hydrogen-bond acceptors (Lipinski definition) is 1. The molecule has 1 nitrogen and oxygen atoms in total. The molecule has 102 valence electrons. The summed E-state index contributed by atoms with van der Waals surface area (Å²) in [6.45, 7) is 0.719. The van der Waals surface area contributed by atoms with Crippen molar-refractivity contribution in [2.24, 2.45) is 0 Å². The Bertz CT molecular complexity index is 651. The van der Waals surface area contributed by atoms with E-state index in [1.54, 1.807) is 12.1 Å². The van der Waals surface area contributed by atoms with Crippen LogP contribution in [0.1, 0.15) is 17.2 Å². The van der Waals surface area contributed by atoms with E-state index in [1.807, 2.05) is 25.2 Å². The second-order valence-corrected chi connectivity index (χ2v) is 5.52. The fourth-order valence-corrected chi connectivity index (χ4v) is 2.83. The predicted molar refractivity (Wildman–Crippen MR) is 81.2 cm³/mol. The molecule has 0 spiro atoms. The fourth-order valence-electron chi connectivity index (χ4n) is 2.66. The summed E-state index contributed by atoms with van der Waals surface area (Å²) in [4.78, 5) is 2.20. The van der Waals surface area contributed by atoms with E-state index < -0.39 is 0 Å². The van der Waals surface area contributed by atoms with Gasteiger partial charge in [-0.1, -0.05) is 48.0 Å². The van der Waals surface area contributed by atoms with Crippen molar-refractivity contribution in [3.8, 4) is 0 Å². The Morgan fingerprint density at radius 3 is 2.65 bits per heavy atom. The standard InChI is InChI=1S/C17H15ClFN/c1-20-11-13(15-10-14(18)7-8-16(15)19)9-17(20)12-5-3-2-4-6-12/h2-10,17H,11H2,1H3. The summed E-state index contributed by atoms with van der Waals surface area (Å²) in [5.41, 5.74) is 2.80. The zero-order chi connectivity index (χ0) is 14.1. The van der Waals surface area contributed by atoms with Crippen molar-refractivity contribution in [2.45, 2.75) is 6.04 Å². The molecule has 0 fully saturated rings. The molecule has 20 heavy (non-hydrogen) atoms. The van der Waals surface area contributed by atoms with Crippen LogP contribution in [-0.2, 0) is 0 Å². The minimum atomic E-state index is -0.220. The Morgan fingerprint density at radius 2 is 1.90 bits per heavy atom. The molecule has 0 amide bonds. The average molecular weight is 288 g/mol. The van der Waals surface area contributed by atoms with Gasteiger partial charge in [-0.15, -0.1) is 0 Å². The van der Waals surface area contributed by atoms with Crippen molar-refractivity contribution in [3.63, 3.8) is 0 Å². The number of nitrogens with zero attached hydrogens (tertiary/aromatic N) is 1. The second kappa shape index (κ2) is 5.39. The summed E-state index contributed by atoms with van der Waals surface area (Å²) >= 11 is 5.98. The molecular weight excluding hydrogens is 273 g/mol. The molecule has 0 N–H and O–H groups in total. The molecule has 0 saturated carbocycles. The van der Waals surface area contributed by atoms with Gasteiger partial charge in [0.1, 0.15) is 5.82 Å². The number of likely N-dealkylation sites (N-methyl/N-ethyl adjacent to an activating group) is 1. The van der Waals surface area contributed by atoms with Gasteiger partial charge in [-0.05, 0) is 36.4 Å². The lowest BCUT2D eigenvalue weighted by Gasteiger charge is -2.19. The molecule has 3 rings (SSSR count). The predicted octanol–water partition coefficient (Wildman–Crippen LogP) is 4.55. The highest BCUT2D eigenvalue weighted by Crippen LogP contribution is 2.34. The summed E-state index contributed by atoms with van der Waals surface area (Å²) in [5.74, 6) is -0.220. The largest absolute Gasteiger partial charge is 0.292 e. The summed E-state index contributed by atoms with van der Waals surface area (Å²) in [6, 6.07) is 15.1. The van der Waals surface area contributed by atoms with Gasteiger partial charge in [0.2, 0.25) is 0 Å². The first-order valence-electron chi connectivity index (χ1n) is 6.56. The molecule has 0 aromatic heterocycles. The molecule has 1 aliphatic heterocycles. The third-order valence-corrected chi connectivity index (χ3v) is 3.90. The van der Waals surface area contributed by atoms with Gasteiger partial charge in [0.05, 0.1) is 6.04 Å². The summed E-state index contributed by atoms with van der Waals surface area (Å²) in [6.07, 6.45) is 2.12. The Labute approximate surface area is 123 Å². The van der Waals surface area contributed by atoms with E-state index in [0.717, 1.165) is 12.1 Å². The summed E-state index contributed by atoms with van der Waals surface area (Å²) < 4.78 is 14.0. The lowest BCUT2D eigenvalue weighted by atomic mass is 10.0. The maximum Gasteiger partial charge on any atom is 0.130 e. The van der Waals surface area contributed by atoms with Crippen molar-refractivity contribution >= 4 is 17.2 Å². The van der Waals surface area contributed by atoms with E-state index in [9.17, 15) is 4.39 Å². The molecule has 1 unspecified atom stereocenters. The first-order chi connectivity index (χ1) is 9.65. The normalized spacial score (nSPS) is 19.1. The molecule has 0 aliphatic carbocycles. The maximum atomic E-state index is 14.0. The molecule has 2 aromatic rings. The van der Waals surface area contributed by atoms with E-state index in [0.29, 0.717) is 10.6 Å². The topological polar surface area (TPSA) is 3.24 Å². The van der Waals surface area contributed by atoms with Gasteiger partial charge in [0.25, 0.3) is 0 Å². The maximum absolute atomic E-state index is 14.0. The van der Waals surface area contributed by atoms with Crippen LogP contribution in [0.2, 0.25) is 5.02 Å². The number of benzene rings is 2. The molecule has 2 aromatic carbocycles. The Balaban J connectivity index is 1.98. The van der Waals surface area contributed by atoms with Crippen LogP contribution in [0.4, 0.5) is 4.39 Å². The van der Waals surface area contributed by atoms with Crippen LogP contribution >= 0.6 is 11.6 Å². The van der Waals surface area contributed by atoms with Crippen LogP contribution in [0, 0.1) is 5.82 Å². The van der Waals surface area contributed by atoms with Crippen LogP contribution in [-0.4, -0.2) is 18.5 Å². The van der Waals surface area contributed by atoms with E-state index in [4.69, 9.17) is 11.6 Å². The SMILES string of the molecule is CN1CC(c2cc(Cl)ccc2F)=CC1c1ccccc1. The fraction of sp³-hybridized carbons (Fsp3) is 0.176. The molecular formula is C17H15ClFN. The zero-order valence-electron chi connectivity index (χ0n) is 11.2. The lowest BCUT2D eigenvalue weighted by Crippen LogP contribution is -2.18. The van der Waals surface area contributed by atoms with Crippen molar-refractivity contribution in [1.82, 2.24) is 4.90 Å². The minimum absolute atomic E-state index is 0.185. The van der Waals surface area contributed by atoms with Gasteiger partial charge in [0.15, 0.2) is 0 Å². The van der Waals surface area contributed by atoms with Crippen LogP contribution in [0.5, 0.6) is 0 Å². The molecule has 0 saturated heterocycles. The molecule has 1 heterocycles. The van der Waals surface area contributed by atoms with Crippen LogP contribution < -0.4 is 0 Å². The quantitative estimate of drug-likeness (QED) is 0.783. The highest BCUT2D eigenvalue weighted by Gasteiger charge is 2.24. The van der Waals surface area contributed by atoms with Gasteiger partial charge in [-0.25, -0.2) is 4.39 Å². The molecule has 1 atom stereocenters. The molecule has 1 aliphatic rings. The third-order valence-electron chi connectivity index (χ3n) is 3.67. The van der Waals surface area contributed by atoms with E-state index >= 15 is 0 Å². The van der Waals surface area contributed by atoms with Crippen molar-refractivity contribution in [1.29, 1.82) is 0 Å². The lowest BCUT2D eigenvalue weighted by molar-refractivity contribution is 0.342. The monoisotopic (exact) mass is 287 g/mol. The molecule has 0 bridgehead atoms. The zero-order valence-corrected chi connectivity index (χ0v) is 11.9.